The molecule has 1 aromatic heterocycles. The van der Waals surface area contributed by atoms with Crippen molar-refractivity contribution in [3.8, 4) is 5.75 Å². The highest BCUT2D eigenvalue weighted by Crippen LogP contribution is 2.41. The van der Waals surface area contributed by atoms with Crippen molar-refractivity contribution in [3.63, 3.8) is 0 Å². The van der Waals surface area contributed by atoms with Crippen LogP contribution in [-0.2, 0) is 49.4 Å². The number of pyridine rings is 1. The zero-order valence-electron chi connectivity index (χ0n) is 37.7. The van der Waals surface area contributed by atoms with E-state index in [2.05, 4.69) is 50.2 Å². The SMILES string of the molecule is Cc1ccc(C)c(O[n+]2cccc3ccccc32)c1.FC(F)(F)c1cc([B-](c2cc(C(F)(F)F)cc(C(F)(F)F)c2)(c2cc(C(F)(F)F)cc(C(F)(F)F)c2)c2cc(C(F)(F)F)cc(C(F)(F)F)c2)cc(C(F)(F)F)c1. The highest BCUT2D eigenvalue weighted by atomic mass is 19.4. The number of rotatable bonds is 6. The lowest BCUT2D eigenvalue weighted by Crippen LogP contribution is -2.75. The second-order valence-corrected chi connectivity index (χ2v) is 17.0. The Morgan fingerprint density at radius 1 is 0.329 bits per heavy atom. The van der Waals surface area contributed by atoms with Crippen LogP contribution in [0.15, 0.2) is 134 Å². The van der Waals surface area contributed by atoms with Crippen LogP contribution >= 0.6 is 0 Å². The molecule has 0 bridgehead atoms. The highest BCUT2D eigenvalue weighted by molar-refractivity contribution is 7.20. The van der Waals surface area contributed by atoms with E-state index in [4.69, 9.17) is 4.84 Å². The molecular formula is C49H28BF24NO. The van der Waals surface area contributed by atoms with Gasteiger partial charge in [0.1, 0.15) is 6.15 Å². The number of nitrogens with zero attached hydrogens (tertiary/aromatic N) is 1. The Labute approximate surface area is 411 Å². The maximum absolute atomic E-state index is 14.2. The Balaban J connectivity index is 0.000000408. The van der Waals surface area contributed by atoms with Crippen LogP contribution in [0, 0.1) is 13.8 Å². The molecule has 0 aliphatic heterocycles. The summed E-state index contributed by atoms with van der Waals surface area (Å²) in [5, 5.41) is 1.16. The van der Waals surface area contributed by atoms with Crippen molar-refractivity contribution in [1.29, 1.82) is 0 Å². The molecule has 406 valence electrons. The number of aryl methyl sites for hydroxylation is 2. The number of hydrogen-bond donors (Lipinski definition) is 0. The lowest BCUT2D eigenvalue weighted by atomic mass is 9.12. The van der Waals surface area contributed by atoms with E-state index in [1.165, 1.54) is 5.56 Å². The molecule has 76 heavy (non-hydrogen) atoms. The van der Waals surface area contributed by atoms with Crippen molar-refractivity contribution < 1.29 is 115 Å². The summed E-state index contributed by atoms with van der Waals surface area (Å²) >= 11 is 0. The molecule has 6 aromatic carbocycles. The second-order valence-electron chi connectivity index (χ2n) is 17.0. The van der Waals surface area contributed by atoms with Gasteiger partial charge in [-0.2, -0.15) is 127 Å². The average Bonchev–Trinajstić information content (AvgIpc) is 3.28. The van der Waals surface area contributed by atoms with Gasteiger partial charge in [-0.3, -0.25) is 0 Å². The van der Waals surface area contributed by atoms with E-state index in [1.54, 1.807) is 0 Å². The van der Waals surface area contributed by atoms with Gasteiger partial charge < -0.3 is 0 Å². The number of halogens is 24. The van der Waals surface area contributed by atoms with Crippen LogP contribution in [0.5, 0.6) is 5.75 Å². The Morgan fingerprint density at radius 3 is 0.895 bits per heavy atom. The summed E-state index contributed by atoms with van der Waals surface area (Å²) < 4.78 is 343. The summed E-state index contributed by atoms with van der Waals surface area (Å²) in [5.41, 5.74) is -26.8. The standard InChI is InChI=1S/C32H12BF24.C17H16NO/c34-25(35,36)13-1-14(26(37,38)39)6-21(5-13)33(22-7-15(27(40,41)42)2-16(8-22)28(43,44)45,23-9-17(29(46,47)48)3-18(10-23)30(49,50)51)24-11-19(31(52,53)54)4-20(12-24)32(55,56)57;1-13-9-10-14(2)17(12-13)19-18-11-5-7-15-6-3-4-8-16(15)18/h1-12H;3-12H,1-2H3/q-1;+1. The van der Waals surface area contributed by atoms with Crippen LogP contribution in [-0.4, -0.2) is 6.15 Å². The maximum atomic E-state index is 14.2. The molecule has 7 aromatic rings. The maximum Gasteiger partial charge on any atom is 0.416 e. The van der Waals surface area contributed by atoms with Gasteiger partial charge in [-0.25, -0.2) is 4.84 Å². The molecule has 0 amide bonds. The lowest BCUT2D eigenvalue weighted by Gasteiger charge is -2.46. The quantitative estimate of drug-likeness (QED) is 0.0919. The van der Waals surface area contributed by atoms with E-state index < -0.39 is 195 Å². The molecule has 0 spiro atoms. The van der Waals surface area contributed by atoms with E-state index in [0.29, 0.717) is 0 Å². The van der Waals surface area contributed by atoms with Gasteiger partial charge in [0.25, 0.3) is 5.52 Å². The predicted molar refractivity (Wildman–Crippen MR) is 226 cm³/mol. The van der Waals surface area contributed by atoms with Gasteiger partial charge in [-0.15, -0.1) is 0 Å². The zero-order chi connectivity index (χ0) is 57.2. The fraction of sp³-hybridized carbons (Fsp3) is 0.204. The van der Waals surface area contributed by atoms with Gasteiger partial charge in [-0.05, 0) is 67.4 Å². The minimum atomic E-state index is -6.13. The van der Waals surface area contributed by atoms with E-state index >= 15 is 0 Å². The van der Waals surface area contributed by atoms with Gasteiger partial charge >= 0.3 is 49.4 Å². The van der Waals surface area contributed by atoms with Crippen LogP contribution in [0.4, 0.5) is 105 Å². The number of hydrogen-bond acceptors (Lipinski definition) is 1. The first-order chi connectivity index (χ1) is 34.5. The molecule has 2 nitrogen and oxygen atoms in total. The number of fused-ring (bicyclic) bond motifs is 1. The third kappa shape index (κ3) is 12.8. The van der Waals surface area contributed by atoms with Gasteiger partial charge in [0, 0.05) is 16.9 Å². The summed E-state index contributed by atoms with van der Waals surface area (Å²) in [6.45, 7) is 4.13. The minimum absolute atomic E-state index is 0.691. The molecule has 1 heterocycles. The summed E-state index contributed by atoms with van der Waals surface area (Å²) in [5.74, 6) is 0.890. The second kappa shape index (κ2) is 19.8. The van der Waals surface area contributed by atoms with E-state index in [9.17, 15) is 105 Å². The summed E-state index contributed by atoms with van der Waals surface area (Å²) in [7, 11) is 0. The summed E-state index contributed by atoms with van der Waals surface area (Å²) in [4.78, 5) is 6.02. The molecule has 0 radical (unpaired) electrons. The van der Waals surface area contributed by atoms with Crippen molar-refractivity contribution in [3.05, 3.63) is 189 Å². The topological polar surface area (TPSA) is 13.1 Å². The molecular weight excluding hydrogens is 1090 g/mol. The van der Waals surface area contributed by atoms with E-state index in [1.807, 2.05) is 29.1 Å². The molecule has 27 heteroatoms. The molecule has 0 saturated carbocycles. The fourth-order valence-corrected chi connectivity index (χ4v) is 8.20. The molecule has 0 aliphatic rings. The lowest BCUT2D eigenvalue weighted by molar-refractivity contribution is -0.854. The number of benzene rings is 6. The number of para-hydroxylation sites is 1. The van der Waals surface area contributed by atoms with Gasteiger partial charge in [0.05, 0.1) is 49.9 Å². The Bertz CT molecular complexity index is 2820. The van der Waals surface area contributed by atoms with Crippen LogP contribution in [0.1, 0.15) is 55.6 Å². The third-order valence-electron chi connectivity index (χ3n) is 11.7. The van der Waals surface area contributed by atoms with Crippen molar-refractivity contribution in [2.45, 2.75) is 63.3 Å². The molecule has 0 unspecified atom stereocenters. The van der Waals surface area contributed by atoms with Crippen molar-refractivity contribution in [2.75, 3.05) is 0 Å². The smallest absolute Gasteiger partial charge is 0.231 e. The number of aromatic nitrogens is 1. The fourth-order valence-electron chi connectivity index (χ4n) is 8.20. The average molecular weight is 1110 g/mol. The molecule has 0 fully saturated rings. The predicted octanol–water partition coefficient (Wildman–Crippen LogP) is 14.8. The summed E-state index contributed by atoms with van der Waals surface area (Å²) in [6.07, 6.45) is -52.9. The zero-order valence-corrected chi connectivity index (χ0v) is 37.7. The molecule has 0 saturated heterocycles. The van der Waals surface area contributed by atoms with Crippen molar-refractivity contribution in [1.82, 2.24) is 0 Å². The molecule has 0 N–H and O–H groups in total. The largest absolute Gasteiger partial charge is 0.416 e. The first-order valence-electron chi connectivity index (χ1n) is 21.0. The van der Waals surface area contributed by atoms with Gasteiger partial charge in [0.2, 0.25) is 11.9 Å². The number of alkyl halides is 24. The van der Waals surface area contributed by atoms with Crippen LogP contribution in [0.2, 0.25) is 0 Å². The Hall–Kier alpha value is -7.09. The monoisotopic (exact) mass is 1110 g/mol. The first-order valence-corrected chi connectivity index (χ1v) is 21.0. The van der Waals surface area contributed by atoms with Gasteiger partial charge in [-0.1, -0.05) is 72.8 Å². The van der Waals surface area contributed by atoms with Crippen molar-refractivity contribution >= 4 is 38.9 Å². The third-order valence-corrected chi connectivity index (χ3v) is 11.7. The van der Waals surface area contributed by atoms with Crippen LogP contribution in [0.3, 0.4) is 0 Å². The van der Waals surface area contributed by atoms with Crippen LogP contribution in [0.25, 0.3) is 10.9 Å². The van der Waals surface area contributed by atoms with Crippen molar-refractivity contribution in [2.24, 2.45) is 0 Å². The highest BCUT2D eigenvalue weighted by Gasteiger charge is 2.47. The van der Waals surface area contributed by atoms with E-state index in [-0.39, 0.29) is 0 Å². The Morgan fingerprint density at radius 2 is 0.605 bits per heavy atom. The molecule has 0 aliphatic carbocycles. The Kier molecular flexibility index (Phi) is 15.2. The first kappa shape index (κ1) is 58.2. The molecule has 7 rings (SSSR count). The van der Waals surface area contributed by atoms with Crippen LogP contribution < -0.4 is 31.4 Å². The normalized spacial score (nSPS) is 13.4. The van der Waals surface area contributed by atoms with Gasteiger partial charge in [0.15, 0.2) is 0 Å². The summed E-state index contributed by atoms with van der Waals surface area (Å²) in [6, 6.07) is 9.69. The van der Waals surface area contributed by atoms with E-state index in [0.717, 1.165) is 22.2 Å². The minimum Gasteiger partial charge on any atom is -0.231 e. The molecule has 0 atom stereocenters.